The molecule has 0 spiro atoms. The fourth-order valence-corrected chi connectivity index (χ4v) is 5.33. The van der Waals surface area contributed by atoms with Crippen LogP contribution in [0.25, 0.3) is 0 Å². The summed E-state index contributed by atoms with van der Waals surface area (Å²) in [4.78, 5) is 26.6. The first kappa shape index (κ1) is 23.8. The van der Waals surface area contributed by atoms with E-state index in [1.54, 1.807) is 20.3 Å². The maximum atomic E-state index is 13.2. The number of hydrogen-bond donors (Lipinski definition) is 1. The molecule has 7 nitrogen and oxygen atoms in total. The largest absolute Gasteiger partial charge is 0.493 e. The molecule has 1 aliphatic rings. The van der Waals surface area contributed by atoms with E-state index in [0.29, 0.717) is 41.2 Å². The van der Waals surface area contributed by atoms with E-state index in [9.17, 15) is 14.9 Å². The minimum Gasteiger partial charge on any atom is -0.493 e. The molecule has 0 radical (unpaired) electrons. The molecule has 0 aliphatic heterocycles. The highest BCUT2D eigenvalue weighted by Crippen LogP contribution is 2.45. The van der Waals surface area contributed by atoms with Crippen LogP contribution in [0.2, 0.25) is 0 Å². The summed E-state index contributed by atoms with van der Waals surface area (Å²) in [5.41, 5.74) is 2.04. The van der Waals surface area contributed by atoms with Crippen LogP contribution in [0, 0.1) is 10.1 Å². The quantitative estimate of drug-likeness (QED) is 0.367. The molecule has 1 amide bonds. The Morgan fingerprint density at radius 2 is 1.91 bits per heavy atom. The monoisotopic (exact) mass is 458 g/mol. The van der Waals surface area contributed by atoms with Crippen LogP contribution in [-0.4, -0.2) is 36.6 Å². The SMILES string of the molecule is C=CCc1cc([C@@H]2c3cc(OC)c(OC)cc3CC[C@H]2[N+](=O)[O-])c(C(=O)NC(C)(C)C)s1. The zero-order chi connectivity index (χ0) is 23.6. The zero-order valence-electron chi connectivity index (χ0n) is 19.2. The first-order valence-electron chi connectivity index (χ1n) is 10.5. The first-order chi connectivity index (χ1) is 15.1. The number of fused-ring (bicyclic) bond motifs is 1. The molecular formula is C24H30N2O5S. The highest BCUT2D eigenvalue weighted by Gasteiger charge is 2.42. The lowest BCUT2D eigenvalue weighted by Crippen LogP contribution is -2.41. The molecule has 1 aromatic heterocycles. The van der Waals surface area contributed by atoms with E-state index < -0.39 is 17.5 Å². The maximum Gasteiger partial charge on any atom is 0.262 e. The molecule has 172 valence electrons. The lowest BCUT2D eigenvalue weighted by Gasteiger charge is -2.30. The van der Waals surface area contributed by atoms with E-state index in [1.165, 1.54) is 11.3 Å². The van der Waals surface area contributed by atoms with Gasteiger partial charge in [0.1, 0.15) is 0 Å². The van der Waals surface area contributed by atoms with Crippen molar-refractivity contribution in [1.29, 1.82) is 0 Å². The Kier molecular flexibility index (Phi) is 6.93. The van der Waals surface area contributed by atoms with Gasteiger partial charge in [0.15, 0.2) is 11.5 Å². The lowest BCUT2D eigenvalue weighted by molar-refractivity contribution is -0.526. The van der Waals surface area contributed by atoms with Gasteiger partial charge in [0.05, 0.1) is 25.0 Å². The molecule has 1 aromatic carbocycles. The molecule has 3 rings (SSSR count). The number of nitrogens with one attached hydrogen (secondary N) is 1. The van der Waals surface area contributed by atoms with E-state index in [1.807, 2.05) is 39.0 Å². The normalized spacial score (nSPS) is 17.9. The number of benzene rings is 1. The van der Waals surface area contributed by atoms with Crippen molar-refractivity contribution in [3.8, 4) is 11.5 Å². The molecule has 8 heteroatoms. The smallest absolute Gasteiger partial charge is 0.262 e. The van der Waals surface area contributed by atoms with Gasteiger partial charge in [-0.25, -0.2) is 0 Å². The molecule has 1 aliphatic carbocycles. The number of hydrogen-bond acceptors (Lipinski definition) is 6. The molecule has 1 heterocycles. The van der Waals surface area contributed by atoms with E-state index in [2.05, 4.69) is 11.9 Å². The van der Waals surface area contributed by atoms with Crippen LogP contribution in [0.5, 0.6) is 11.5 Å². The standard InChI is InChI=1S/C24H30N2O5S/c1-7-8-15-12-17(22(32-15)23(27)25-24(2,3)4)21-16-13-20(31-6)19(30-5)11-14(16)9-10-18(21)26(28)29/h7,11-13,18,21H,1,8-10H2,2-6H3,(H,25,27)/t18-,21+/m1/s1. The van der Waals surface area contributed by atoms with Gasteiger partial charge in [-0.3, -0.25) is 14.9 Å². The minimum absolute atomic E-state index is 0.220. The Morgan fingerprint density at radius 3 is 2.47 bits per heavy atom. The first-order valence-corrected chi connectivity index (χ1v) is 11.4. The number of amides is 1. The fourth-order valence-electron chi connectivity index (χ4n) is 4.23. The van der Waals surface area contributed by atoms with Crippen LogP contribution in [0.15, 0.2) is 30.9 Å². The van der Waals surface area contributed by atoms with Crippen molar-refractivity contribution < 1.29 is 19.2 Å². The van der Waals surface area contributed by atoms with E-state index in [-0.39, 0.29) is 10.8 Å². The Labute approximate surface area is 192 Å². The fraction of sp³-hybridized carbons (Fsp3) is 0.458. The van der Waals surface area contributed by atoms with Gasteiger partial charge >= 0.3 is 0 Å². The number of thiophene rings is 1. The summed E-state index contributed by atoms with van der Waals surface area (Å²) >= 11 is 1.37. The van der Waals surface area contributed by atoms with Gasteiger partial charge in [-0.05, 0) is 68.5 Å². The highest BCUT2D eigenvalue weighted by atomic mass is 32.1. The Morgan fingerprint density at radius 1 is 1.25 bits per heavy atom. The number of nitro groups is 1. The number of rotatable bonds is 7. The van der Waals surface area contributed by atoms with E-state index in [0.717, 1.165) is 16.0 Å². The second kappa shape index (κ2) is 9.32. The van der Waals surface area contributed by atoms with Crippen molar-refractivity contribution >= 4 is 17.2 Å². The summed E-state index contributed by atoms with van der Waals surface area (Å²) in [6.07, 6.45) is 3.31. The van der Waals surface area contributed by atoms with E-state index in [4.69, 9.17) is 9.47 Å². The van der Waals surface area contributed by atoms with Gasteiger partial charge in [0.25, 0.3) is 5.91 Å². The van der Waals surface area contributed by atoms with Gasteiger partial charge < -0.3 is 14.8 Å². The lowest BCUT2D eigenvalue weighted by atomic mass is 9.75. The highest BCUT2D eigenvalue weighted by molar-refractivity contribution is 7.14. The van der Waals surface area contributed by atoms with E-state index >= 15 is 0 Å². The average molecular weight is 459 g/mol. The van der Waals surface area contributed by atoms with Crippen LogP contribution >= 0.6 is 11.3 Å². The number of aryl methyl sites for hydroxylation is 1. The van der Waals surface area contributed by atoms with Crippen molar-refractivity contribution in [2.24, 2.45) is 0 Å². The van der Waals surface area contributed by atoms with Crippen molar-refractivity contribution in [2.45, 2.75) is 57.5 Å². The zero-order valence-corrected chi connectivity index (χ0v) is 20.0. The maximum absolute atomic E-state index is 13.2. The van der Waals surface area contributed by atoms with Crippen molar-refractivity contribution in [1.82, 2.24) is 5.32 Å². The number of allylic oxidation sites excluding steroid dienone is 1. The molecule has 2 aromatic rings. The summed E-state index contributed by atoms with van der Waals surface area (Å²) in [5, 5.41) is 15.1. The molecule has 32 heavy (non-hydrogen) atoms. The van der Waals surface area contributed by atoms with Crippen LogP contribution in [0.3, 0.4) is 0 Å². The predicted octanol–water partition coefficient (Wildman–Crippen LogP) is 4.75. The van der Waals surface area contributed by atoms with Gasteiger partial charge in [-0.2, -0.15) is 0 Å². The Bertz CT molecular complexity index is 1040. The molecular weight excluding hydrogens is 428 g/mol. The Hall–Kier alpha value is -2.87. The molecule has 1 N–H and O–H groups in total. The Balaban J connectivity index is 2.22. The minimum atomic E-state index is -0.840. The van der Waals surface area contributed by atoms with Crippen molar-refractivity contribution in [2.75, 3.05) is 14.2 Å². The molecule has 0 saturated carbocycles. The third-order valence-electron chi connectivity index (χ3n) is 5.53. The summed E-state index contributed by atoms with van der Waals surface area (Å²) in [6.45, 7) is 9.54. The molecule has 0 saturated heterocycles. The molecule has 0 unspecified atom stereocenters. The van der Waals surface area contributed by atoms with Crippen LogP contribution in [0.1, 0.15) is 64.3 Å². The van der Waals surface area contributed by atoms with Gasteiger partial charge in [0.2, 0.25) is 6.04 Å². The number of carbonyl (C=O) groups is 1. The molecule has 0 fully saturated rings. The number of methoxy groups -OCH3 is 2. The number of nitrogens with zero attached hydrogens (tertiary/aromatic N) is 1. The van der Waals surface area contributed by atoms with Gasteiger partial charge in [-0.15, -0.1) is 17.9 Å². The summed E-state index contributed by atoms with van der Waals surface area (Å²) in [5.74, 6) is 0.321. The molecule has 0 bridgehead atoms. The molecule has 2 atom stereocenters. The number of ether oxygens (including phenoxy) is 2. The second-order valence-corrected chi connectivity index (χ2v) is 10.1. The van der Waals surface area contributed by atoms with Crippen LogP contribution < -0.4 is 14.8 Å². The topological polar surface area (TPSA) is 90.7 Å². The van der Waals surface area contributed by atoms with Crippen molar-refractivity contribution in [3.05, 3.63) is 67.4 Å². The average Bonchev–Trinajstić information content (AvgIpc) is 3.14. The summed E-state index contributed by atoms with van der Waals surface area (Å²) in [6, 6.07) is 4.80. The van der Waals surface area contributed by atoms with Gasteiger partial charge in [0, 0.05) is 21.8 Å². The number of carbonyl (C=O) groups excluding carboxylic acids is 1. The summed E-state index contributed by atoms with van der Waals surface area (Å²) in [7, 11) is 3.11. The second-order valence-electron chi connectivity index (χ2n) is 8.97. The predicted molar refractivity (Wildman–Crippen MR) is 126 cm³/mol. The third kappa shape index (κ3) is 4.80. The third-order valence-corrected chi connectivity index (χ3v) is 6.70. The van der Waals surface area contributed by atoms with Crippen LogP contribution in [-0.2, 0) is 12.8 Å². The van der Waals surface area contributed by atoms with Crippen molar-refractivity contribution in [3.63, 3.8) is 0 Å². The summed E-state index contributed by atoms with van der Waals surface area (Å²) < 4.78 is 10.9. The van der Waals surface area contributed by atoms with Gasteiger partial charge in [-0.1, -0.05) is 6.08 Å². The van der Waals surface area contributed by atoms with Crippen LogP contribution in [0.4, 0.5) is 0 Å².